The number of ether oxygens (including phenoxy) is 1. The molecule has 0 bridgehead atoms. The number of nitrogens with one attached hydrogen (secondary N) is 1. The molecule has 0 aromatic heterocycles. The monoisotopic (exact) mass is 257 g/mol. The molecule has 0 aliphatic carbocycles. The van der Waals surface area contributed by atoms with Gasteiger partial charge in [0.05, 0.1) is 11.6 Å². The highest BCUT2D eigenvalue weighted by molar-refractivity contribution is 6.31. The van der Waals surface area contributed by atoms with E-state index in [4.69, 9.17) is 16.3 Å². The van der Waals surface area contributed by atoms with E-state index in [-0.39, 0.29) is 11.6 Å². The van der Waals surface area contributed by atoms with Crippen LogP contribution in [0.3, 0.4) is 0 Å². The molecule has 1 rings (SSSR count). The lowest BCUT2D eigenvalue weighted by Crippen LogP contribution is -2.14. The number of rotatable bonds is 5. The van der Waals surface area contributed by atoms with Gasteiger partial charge < -0.3 is 10.1 Å². The summed E-state index contributed by atoms with van der Waals surface area (Å²) in [6.07, 6.45) is 0. The van der Waals surface area contributed by atoms with E-state index in [0.29, 0.717) is 17.9 Å². The van der Waals surface area contributed by atoms with E-state index < -0.39 is 11.8 Å². The fourth-order valence-electron chi connectivity index (χ4n) is 1.12. The number of carbonyl (C=O) groups is 1. The van der Waals surface area contributed by atoms with Gasteiger partial charge in [0, 0.05) is 17.8 Å². The van der Waals surface area contributed by atoms with Crippen LogP contribution in [-0.4, -0.2) is 19.1 Å². The summed E-state index contributed by atoms with van der Waals surface area (Å²) in [5.74, 6) is -0.936. The van der Waals surface area contributed by atoms with E-state index in [1.807, 2.05) is 0 Å². The zero-order chi connectivity index (χ0) is 12.8. The van der Waals surface area contributed by atoms with Gasteiger partial charge in [-0.05, 0) is 25.1 Å². The van der Waals surface area contributed by atoms with Gasteiger partial charge in [-0.3, -0.25) is 0 Å². The minimum atomic E-state index is -0.485. The summed E-state index contributed by atoms with van der Waals surface area (Å²) in [7, 11) is 0. The van der Waals surface area contributed by atoms with Crippen LogP contribution in [0.15, 0.2) is 30.4 Å². The van der Waals surface area contributed by atoms with Crippen molar-refractivity contribution in [3.63, 3.8) is 0 Å². The number of hydrogen-bond donors (Lipinski definition) is 1. The molecule has 0 amide bonds. The zero-order valence-corrected chi connectivity index (χ0v) is 10.2. The SMILES string of the molecule is C=C(CNc1ccc(F)c(Cl)c1)C(=O)OCC. The van der Waals surface area contributed by atoms with E-state index >= 15 is 0 Å². The van der Waals surface area contributed by atoms with Crippen molar-refractivity contribution in [2.45, 2.75) is 6.92 Å². The fourth-order valence-corrected chi connectivity index (χ4v) is 1.30. The molecule has 0 heterocycles. The van der Waals surface area contributed by atoms with Crippen LogP contribution >= 0.6 is 11.6 Å². The third-order valence-electron chi connectivity index (χ3n) is 1.99. The van der Waals surface area contributed by atoms with Crippen LogP contribution in [0.1, 0.15) is 6.92 Å². The summed E-state index contributed by atoms with van der Waals surface area (Å²) in [6.45, 7) is 5.83. The van der Waals surface area contributed by atoms with Crippen LogP contribution in [0.5, 0.6) is 0 Å². The predicted octanol–water partition coefficient (Wildman–Crippen LogP) is 3.01. The molecule has 0 fully saturated rings. The number of esters is 1. The first-order valence-electron chi connectivity index (χ1n) is 5.08. The Balaban J connectivity index is 2.53. The van der Waals surface area contributed by atoms with Gasteiger partial charge in [0.1, 0.15) is 5.82 Å². The Bertz CT molecular complexity index is 435. The Labute approximate surface area is 104 Å². The first-order chi connectivity index (χ1) is 8.04. The molecule has 0 spiro atoms. The quantitative estimate of drug-likeness (QED) is 0.651. The lowest BCUT2D eigenvalue weighted by molar-refractivity contribution is -0.138. The minimum absolute atomic E-state index is 0.0248. The Morgan fingerprint density at radius 1 is 1.59 bits per heavy atom. The molecule has 1 N–H and O–H groups in total. The smallest absolute Gasteiger partial charge is 0.335 e. The molecule has 3 nitrogen and oxygen atoms in total. The summed E-state index contributed by atoms with van der Waals surface area (Å²) < 4.78 is 17.6. The van der Waals surface area contributed by atoms with Gasteiger partial charge in [-0.25, -0.2) is 9.18 Å². The van der Waals surface area contributed by atoms with Crippen molar-refractivity contribution in [3.8, 4) is 0 Å². The van der Waals surface area contributed by atoms with Gasteiger partial charge in [0.15, 0.2) is 0 Å². The second-order valence-electron chi connectivity index (χ2n) is 3.31. The number of carbonyl (C=O) groups excluding carboxylic acids is 1. The molecule has 17 heavy (non-hydrogen) atoms. The summed E-state index contributed by atoms with van der Waals surface area (Å²) in [5.41, 5.74) is 0.911. The third-order valence-corrected chi connectivity index (χ3v) is 2.28. The molecule has 92 valence electrons. The number of halogens is 2. The standard InChI is InChI=1S/C12H13ClFNO2/c1-3-17-12(16)8(2)7-15-9-4-5-11(14)10(13)6-9/h4-6,15H,2-3,7H2,1H3. The van der Waals surface area contributed by atoms with E-state index in [0.717, 1.165) is 0 Å². The van der Waals surface area contributed by atoms with Crippen LogP contribution in [0, 0.1) is 5.82 Å². The Kier molecular flexibility index (Phi) is 4.97. The molecular formula is C12H13ClFNO2. The third kappa shape index (κ3) is 4.07. The molecule has 0 saturated heterocycles. The second-order valence-corrected chi connectivity index (χ2v) is 3.71. The van der Waals surface area contributed by atoms with Crippen molar-refractivity contribution >= 4 is 23.3 Å². The Morgan fingerprint density at radius 3 is 2.88 bits per heavy atom. The molecule has 0 unspecified atom stereocenters. The number of benzene rings is 1. The summed E-state index contributed by atoms with van der Waals surface area (Å²) in [4.78, 5) is 11.2. The average molecular weight is 258 g/mol. The molecule has 5 heteroatoms. The minimum Gasteiger partial charge on any atom is -0.463 e. The summed E-state index contributed by atoms with van der Waals surface area (Å²) in [6, 6.07) is 4.22. The molecule has 0 radical (unpaired) electrons. The van der Waals surface area contributed by atoms with Crippen molar-refractivity contribution in [1.29, 1.82) is 0 Å². The molecule has 0 atom stereocenters. The molecule has 0 saturated carbocycles. The highest BCUT2D eigenvalue weighted by atomic mass is 35.5. The van der Waals surface area contributed by atoms with Gasteiger partial charge in [0.2, 0.25) is 0 Å². The largest absolute Gasteiger partial charge is 0.463 e. The second kappa shape index (κ2) is 6.25. The molecule has 1 aromatic carbocycles. The maximum absolute atomic E-state index is 12.9. The van der Waals surface area contributed by atoms with Crippen LogP contribution < -0.4 is 5.32 Å². The predicted molar refractivity (Wildman–Crippen MR) is 65.7 cm³/mol. The van der Waals surface area contributed by atoms with Gasteiger partial charge in [-0.2, -0.15) is 0 Å². The van der Waals surface area contributed by atoms with E-state index in [9.17, 15) is 9.18 Å². The summed E-state index contributed by atoms with van der Waals surface area (Å²) in [5, 5.41) is 2.93. The fraction of sp³-hybridized carbons (Fsp3) is 0.250. The number of anilines is 1. The van der Waals surface area contributed by atoms with E-state index in [1.165, 1.54) is 18.2 Å². The Morgan fingerprint density at radius 2 is 2.29 bits per heavy atom. The molecule has 0 aliphatic heterocycles. The van der Waals surface area contributed by atoms with Gasteiger partial charge in [0.25, 0.3) is 0 Å². The lowest BCUT2D eigenvalue weighted by atomic mass is 10.2. The summed E-state index contributed by atoms with van der Waals surface area (Å²) >= 11 is 5.61. The Hall–Kier alpha value is -1.55. The highest BCUT2D eigenvalue weighted by Crippen LogP contribution is 2.19. The average Bonchev–Trinajstić information content (AvgIpc) is 2.30. The first kappa shape index (κ1) is 13.5. The topological polar surface area (TPSA) is 38.3 Å². The number of hydrogen-bond acceptors (Lipinski definition) is 3. The van der Waals surface area contributed by atoms with Gasteiger partial charge >= 0.3 is 5.97 Å². The van der Waals surface area contributed by atoms with E-state index in [1.54, 1.807) is 6.92 Å². The highest BCUT2D eigenvalue weighted by Gasteiger charge is 2.07. The van der Waals surface area contributed by atoms with Crippen molar-refractivity contribution in [2.75, 3.05) is 18.5 Å². The van der Waals surface area contributed by atoms with Gasteiger partial charge in [-0.15, -0.1) is 0 Å². The van der Waals surface area contributed by atoms with Crippen LogP contribution in [-0.2, 0) is 9.53 Å². The van der Waals surface area contributed by atoms with Crippen molar-refractivity contribution < 1.29 is 13.9 Å². The van der Waals surface area contributed by atoms with Crippen LogP contribution in [0.2, 0.25) is 5.02 Å². The molecule has 1 aromatic rings. The van der Waals surface area contributed by atoms with Crippen LogP contribution in [0.4, 0.5) is 10.1 Å². The first-order valence-corrected chi connectivity index (χ1v) is 5.46. The van der Waals surface area contributed by atoms with Crippen molar-refractivity contribution in [1.82, 2.24) is 0 Å². The molecular weight excluding hydrogens is 245 g/mol. The van der Waals surface area contributed by atoms with Crippen LogP contribution in [0.25, 0.3) is 0 Å². The maximum atomic E-state index is 12.9. The van der Waals surface area contributed by atoms with Crippen molar-refractivity contribution in [2.24, 2.45) is 0 Å². The maximum Gasteiger partial charge on any atom is 0.335 e. The zero-order valence-electron chi connectivity index (χ0n) is 9.43. The van der Waals surface area contributed by atoms with E-state index in [2.05, 4.69) is 11.9 Å². The normalized spacial score (nSPS) is 9.82. The van der Waals surface area contributed by atoms with Gasteiger partial charge in [-0.1, -0.05) is 18.2 Å². The van der Waals surface area contributed by atoms with Crippen molar-refractivity contribution in [3.05, 3.63) is 41.2 Å². The lowest BCUT2D eigenvalue weighted by Gasteiger charge is -2.08. The molecule has 0 aliphatic rings.